The van der Waals surface area contributed by atoms with E-state index < -0.39 is 105 Å². The van der Waals surface area contributed by atoms with Crippen LogP contribution in [-0.4, -0.2) is 81.2 Å². The summed E-state index contributed by atoms with van der Waals surface area (Å²) < 4.78 is 181. The fourth-order valence-corrected chi connectivity index (χ4v) is 5.97. The number of hydrogen-bond acceptors (Lipinski definition) is 6. The molecule has 228 valence electrons. The SMILES string of the molecule is [2H]C([2H])([2H])Oc1ccc2c(c1)C=C1Cn3c-2c(C2CC([2H])([2H])C([2H])([2H])C([2H])([2H])C2)c2ccc(cc23)C(=O)NS(=O)(=O)N(C)C([2H])([2H])C([2H])([2H])OC([2H])([2H])C([2H])([2H])N(C)C1=O. The van der Waals surface area contributed by atoms with E-state index in [0.29, 0.717) is 7.05 Å². The van der Waals surface area contributed by atoms with Crippen LogP contribution in [0.3, 0.4) is 0 Å². The third-order valence-electron chi connectivity index (χ3n) is 7.38. The first kappa shape index (κ1) is 15.4. The number of carbonyl (C=O) groups excluding carboxylic acids is 2. The van der Waals surface area contributed by atoms with Crippen molar-refractivity contribution in [1.29, 1.82) is 0 Å². The number of nitrogens with one attached hydrogen (secondary N) is 1. The van der Waals surface area contributed by atoms with E-state index in [0.717, 1.165) is 19.2 Å². The monoisotopic (exact) mass is 623 g/mol. The smallest absolute Gasteiger partial charge is 0.303 e. The van der Waals surface area contributed by atoms with Crippen molar-refractivity contribution < 1.29 is 50.8 Å². The fraction of sp³-hybridized carbons (Fsp3) is 0.438. The van der Waals surface area contributed by atoms with E-state index in [1.54, 1.807) is 4.72 Å². The fourth-order valence-electron chi connectivity index (χ4n) is 5.32. The number of carbonyl (C=O) groups is 2. The minimum absolute atomic E-state index is 0.0271. The van der Waals surface area contributed by atoms with E-state index in [2.05, 4.69) is 0 Å². The third-order valence-corrected chi connectivity index (χ3v) is 8.64. The highest BCUT2D eigenvalue weighted by atomic mass is 32.2. The number of ether oxygens (including phenoxy) is 2. The van der Waals surface area contributed by atoms with E-state index in [-0.39, 0.29) is 53.8 Å². The molecule has 43 heavy (non-hydrogen) atoms. The van der Waals surface area contributed by atoms with Gasteiger partial charge in [-0.15, -0.1) is 0 Å². The van der Waals surface area contributed by atoms with Crippen molar-refractivity contribution in [1.82, 2.24) is 18.5 Å². The summed E-state index contributed by atoms with van der Waals surface area (Å²) in [6, 6.07) is 7.48. The molecule has 1 aliphatic carbocycles. The van der Waals surface area contributed by atoms with E-state index >= 15 is 0 Å². The van der Waals surface area contributed by atoms with Crippen molar-refractivity contribution in [2.45, 2.75) is 44.4 Å². The van der Waals surface area contributed by atoms with Gasteiger partial charge in [0, 0.05) is 65.7 Å². The van der Waals surface area contributed by atoms with Crippen molar-refractivity contribution in [3.8, 4) is 17.0 Å². The first-order valence-corrected chi connectivity index (χ1v) is 14.4. The predicted octanol–water partition coefficient (Wildman–Crippen LogP) is 4.16. The maximum atomic E-state index is 14.5. The summed E-state index contributed by atoms with van der Waals surface area (Å²) in [5.74, 6) is -4.05. The first-order chi connectivity index (χ1) is 27.0. The molecule has 1 N–H and O–H groups in total. The van der Waals surface area contributed by atoms with Gasteiger partial charge in [-0.2, -0.15) is 12.7 Å². The molecule has 2 amide bonds. The lowest BCUT2D eigenvalue weighted by Gasteiger charge is -2.24. The van der Waals surface area contributed by atoms with Crippen LogP contribution < -0.4 is 9.46 Å². The maximum Gasteiger partial charge on any atom is 0.303 e. The molecule has 1 aromatic heterocycles. The van der Waals surface area contributed by atoms with Gasteiger partial charge < -0.3 is 18.9 Å². The predicted molar refractivity (Wildman–Crippen MR) is 165 cm³/mol. The van der Waals surface area contributed by atoms with Gasteiger partial charge in [0.2, 0.25) is 0 Å². The molecule has 2 aromatic carbocycles. The van der Waals surface area contributed by atoms with Gasteiger partial charge in [-0.3, -0.25) is 9.59 Å². The van der Waals surface area contributed by atoms with Gasteiger partial charge in [0.05, 0.1) is 44.7 Å². The Kier molecular flexibility index (Phi) is 4.21. The zero-order valence-electron chi connectivity index (χ0n) is 39.9. The quantitative estimate of drug-likeness (QED) is 0.459. The Hall–Kier alpha value is -3.67. The lowest BCUT2D eigenvalue weighted by atomic mass is 9.81. The molecule has 0 atom stereocenters. The van der Waals surface area contributed by atoms with E-state index in [4.69, 9.17) is 32.8 Å². The van der Waals surface area contributed by atoms with Crippen LogP contribution in [0.25, 0.3) is 28.2 Å². The highest BCUT2D eigenvalue weighted by molar-refractivity contribution is 7.87. The summed E-state index contributed by atoms with van der Waals surface area (Å²) in [5, 5.41) is 0.193. The van der Waals surface area contributed by atoms with Crippen LogP contribution in [0.4, 0.5) is 0 Å². The second-order valence-corrected chi connectivity index (χ2v) is 11.7. The summed E-state index contributed by atoms with van der Waals surface area (Å²) in [6.45, 7) is -16.1. The Bertz CT molecular complexity index is 2430. The summed E-state index contributed by atoms with van der Waals surface area (Å²) in [4.78, 5) is 28.4. The van der Waals surface area contributed by atoms with Crippen LogP contribution in [0, 0.1) is 0 Å². The van der Waals surface area contributed by atoms with Crippen molar-refractivity contribution in [2.75, 3.05) is 47.2 Å². The molecule has 4 bridgehead atoms. The van der Waals surface area contributed by atoms with Gasteiger partial charge >= 0.3 is 10.2 Å². The summed E-state index contributed by atoms with van der Waals surface area (Å²) in [6.07, 6.45) is -8.49. The van der Waals surface area contributed by atoms with Crippen LogP contribution in [0.1, 0.15) is 82.7 Å². The van der Waals surface area contributed by atoms with Crippen molar-refractivity contribution >= 4 is 39.0 Å². The molecule has 11 heteroatoms. The zero-order chi connectivity index (χ0) is 45.4. The average molecular weight is 624 g/mol. The summed E-state index contributed by atoms with van der Waals surface area (Å²) in [5.41, 5.74) is -0.209. The van der Waals surface area contributed by atoms with Crippen molar-refractivity contribution in [3.05, 3.63) is 58.7 Å². The van der Waals surface area contributed by atoms with Crippen LogP contribution in [0.5, 0.6) is 5.75 Å². The second-order valence-electron chi connectivity index (χ2n) is 9.98. The number of rotatable bonds is 2. The Balaban J connectivity index is 1.71. The molecule has 10 nitrogen and oxygen atoms in total. The first-order valence-electron chi connectivity index (χ1n) is 21.5. The minimum Gasteiger partial charge on any atom is -0.497 e. The Morgan fingerprint density at radius 1 is 1.05 bits per heavy atom. The van der Waals surface area contributed by atoms with Crippen LogP contribution in [0.2, 0.25) is 0 Å². The minimum atomic E-state index is -5.37. The molecule has 0 saturated heterocycles. The topological polar surface area (TPSA) is 110 Å². The summed E-state index contributed by atoms with van der Waals surface area (Å²) >= 11 is 0. The molecule has 6 rings (SSSR count). The molecular formula is C32H38N4O6S. The van der Waals surface area contributed by atoms with E-state index in [9.17, 15) is 18.0 Å². The Morgan fingerprint density at radius 2 is 1.84 bits per heavy atom. The number of nitrogens with zero attached hydrogens (tertiary/aromatic N) is 3. The number of aromatic nitrogens is 1. The molecule has 1 fully saturated rings. The highest BCUT2D eigenvalue weighted by Crippen LogP contribution is 2.47. The molecule has 3 aliphatic rings. The Morgan fingerprint density at radius 3 is 2.63 bits per heavy atom. The van der Waals surface area contributed by atoms with Gasteiger partial charge in [-0.1, -0.05) is 25.2 Å². The maximum absolute atomic E-state index is 14.5. The second kappa shape index (κ2) is 11.8. The van der Waals surface area contributed by atoms with Gasteiger partial charge in [0.15, 0.2) is 0 Å². The number of methoxy groups -OCH3 is 1. The Labute approximate surface area is 276 Å². The van der Waals surface area contributed by atoms with Gasteiger partial charge in [-0.05, 0) is 66.3 Å². The number of fused-ring (bicyclic) bond motifs is 4. The lowest BCUT2D eigenvalue weighted by molar-refractivity contribution is -0.126. The molecule has 1 saturated carbocycles. The normalized spacial score (nSPS) is 34.8. The molecule has 2 aliphatic heterocycles. The molecule has 3 heterocycles. The van der Waals surface area contributed by atoms with Crippen molar-refractivity contribution in [3.63, 3.8) is 0 Å². The molecular weight excluding hydrogens is 568 g/mol. The van der Waals surface area contributed by atoms with Crippen LogP contribution in [-0.2, 0) is 26.3 Å². The van der Waals surface area contributed by atoms with Crippen LogP contribution in [0.15, 0.2) is 42.0 Å². The van der Waals surface area contributed by atoms with Gasteiger partial charge in [0.25, 0.3) is 11.8 Å². The van der Waals surface area contributed by atoms with Gasteiger partial charge in [-0.25, -0.2) is 4.72 Å². The lowest BCUT2D eigenvalue weighted by Crippen LogP contribution is -2.42. The number of amides is 2. The van der Waals surface area contributed by atoms with Crippen molar-refractivity contribution in [2.24, 2.45) is 0 Å². The van der Waals surface area contributed by atoms with Crippen LogP contribution >= 0.6 is 0 Å². The number of likely N-dealkylation sites (N-methyl/N-ethyl adjacent to an activating group) is 2. The molecule has 3 aromatic rings. The molecule has 0 spiro atoms. The largest absolute Gasteiger partial charge is 0.497 e. The third kappa shape index (κ3) is 5.57. The van der Waals surface area contributed by atoms with E-state index in [1.807, 2.05) is 0 Å². The molecule has 0 unspecified atom stereocenters. The number of hydrogen-bond donors (Lipinski definition) is 1. The van der Waals surface area contributed by atoms with Gasteiger partial charge in [0.1, 0.15) is 5.75 Å². The number of benzene rings is 2. The van der Waals surface area contributed by atoms with E-state index in [1.165, 1.54) is 34.9 Å². The molecule has 0 radical (unpaired) electrons. The standard InChI is InChI=1S/C32H38N4O6S/c1-34-13-15-42-16-14-35(2)43(39,40)33-31(37)22-9-11-27-28(19-22)36-20-24(32(34)38)17-23-18-25(41-3)10-12-26(23)30(36)29(27)21-7-5-4-6-8-21/h9-12,17-19,21H,4-8,13-16,20H2,1-3H3,(H,33,37)/i3D3,4D2,5D2,6D2,13D2,14D2,15D2,16D2. The summed E-state index contributed by atoms with van der Waals surface area (Å²) in [7, 11) is -7.03. The zero-order valence-corrected chi connectivity index (χ0v) is 23.8. The average Bonchev–Trinajstić information content (AvgIpc) is 3.30. The highest BCUT2D eigenvalue weighted by Gasteiger charge is 2.31.